The van der Waals surface area contributed by atoms with Gasteiger partial charge in [0, 0.05) is 13.1 Å². The Labute approximate surface area is 172 Å². The standard InChI is InChI=1S/C21H24F3N5O/c1-3-28(4-2)13-14-29-18-12-8-7-11-17(18)25-19(29)27-20(30)26-16-10-6-5-9-15(16)21(22,23)24/h5-12H,3-4,13-14H2,1-2H3,(H2,25,26,27,30). The monoisotopic (exact) mass is 419 g/mol. The number of carbonyl (C=O) groups is 1. The van der Waals surface area contributed by atoms with Crippen molar-refractivity contribution in [2.45, 2.75) is 26.6 Å². The van der Waals surface area contributed by atoms with E-state index < -0.39 is 17.8 Å². The quantitative estimate of drug-likeness (QED) is 0.564. The number of amides is 2. The van der Waals surface area contributed by atoms with E-state index in [0.717, 1.165) is 31.2 Å². The van der Waals surface area contributed by atoms with E-state index in [-0.39, 0.29) is 11.6 Å². The van der Waals surface area contributed by atoms with Crippen LogP contribution in [0.15, 0.2) is 48.5 Å². The molecule has 2 aromatic carbocycles. The van der Waals surface area contributed by atoms with Gasteiger partial charge >= 0.3 is 12.2 Å². The predicted molar refractivity (Wildman–Crippen MR) is 112 cm³/mol. The zero-order valence-electron chi connectivity index (χ0n) is 16.8. The normalized spacial score (nSPS) is 11.8. The summed E-state index contributed by atoms with van der Waals surface area (Å²) in [4.78, 5) is 19.2. The lowest BCUT2D eigenvalue weighted by atomic mass is 10.1. The van der Waals surface area contributed by atoms with Crippen LogP contribution in [0.25, 0.3) is 11.0 Å². The Morgan fingerprint density at radius 1 is 1.03 bits per heavy atom. The van der Waals surface area contributed by atoms with Crippen molar-refractivity contribution in [2.24, 2.45) is 0 Å². The van der Waals surface area contributed by atoms with Crippen molar-refractivity contribution in [3.63, 3.8) is 0 Å². The average molecular weight is 419 g/mol. The molecule has 1 heterocycles. The van der Waals surface area contributed by atoms with Gasteiger partial charge in [-0.15, -0.1) is 0 Å². The van der Waals surface area contributed by atoms with E-state index in [1.807, 2.05) is 28.8 Å². The van der Waals surface area contributed by atoms with E-state index in [0.29, 0.717) is 12.1 Å². The SMILES string of the molecule is CCN(CC)CCn1c(NC(=O)Nc2ccccc2C(F)(F)F)nc2ccccc21. The maximum atomic E-state index is 13.2. The van der Waals surface area contributed by atoms with Gasteiger partial charge in [-0.1, -0.05) is 38.1 Å². The largest absolute Gasteiger partial charge is 0.418 e. The Balaban J connectivity index is 1.83. The van der Waals surface area contributed by atoms with Crippen molar-refractivity contribution >= 4 is 28.7 Å². The number of anilines is 2. The molecule has 2 amide bonds. The molecule has 0 unspecified atom stereocenters. The van der Waals surface area contributed by atoms with Crippen LogP contribution in [0, 0.1) is 0 Å². The van der Waals surface area contributed by atoms with Crippen LogP contribution in [0.4, 0.5) is 29.6 Å². The van der Waals surface area contributed by atoms with Gasteiger partial charge in [0.25, 0.3) is 0 Å². The molecule has 160 valence electrons. The number of nitrogens with one attached hydrogen (secondary N) is 2. The van der Waals surface area contributed by atoms with Gasteiger partial charge in [0.05, 0.1) is 22.3 Å². The minimum atomic E-state index is -4.57. The lowest BCUT2D eigenvalue weighted by Crippen LogP contribution is -2.28. The molecule has 0 atom stereocenters. The summed E-state index contributed by atoms with van der Waals surface area (Å²) in [5.41, 5.74) is 0.321. The van der Waals surface area contributed by atoms with Gasteiger partial charge in [-0.2, -0.15) is 13.2 Å². The van der Waals surface area contributed by atoms with Crippen LogP contribution >= 0.6 is 0 Å². The molecule has 0 saturated heterocycles. The Kier molecular flexibility index (Phi) is 6.61. The summed E-state index contributed by atoms with van der Waals surface area (Å²) in [6.45, 7) is 7.25. The first-order chi connectivity index (χ1) is 14.3. The van der Waals surface area contributed by atoms with Crippen LogP contribution in [-0.2, 0) is 12.7 Å². The highest BCUT2D eigenvalue weighted by atomic mass is 19.4. The number of halogens is 3. The summed E-state index contributed by atoms with van der Waals surface area (Å²) in [5.74, 6) is 0.283. The van der Waals surface area contributed by atoms with Crippen LogP contribution < -0.4 is 10.6 Å². The molecule has 0 aliphatic carbocycles. The van der Waals surface area contributed by atoms with Crippen LogP contribution in [0.3, 0.4) is 0 Å². The molecule has 0 spiro atoms. The number of aromatic nitrogens is 2. The highest BCUT2D eigenvalue weighted by molar-refractivity contribution is 6.00. The zero-order chi connectivity index (χ0) is 21.7. The Morgan fingerprint density at radius 2 is 1.70 bits per heavy atom. The molecule has 2 N–H and O–H groups in total. The van der Waals surface area contributed by atoms with Crippen molar-refractivity contribution in [1.29, 1.82) is 0 Å². The third kappa shape index (κ3) is 4.91. The number of para-hydroxylation sites is 3. The molecule has 3 aromatic rings. The van der Waals surface area contributed by atoms with Gasteiger partial charge in [-0.05, 0) is 37.4 Å². The number of benzene rings is 2. The first kappa shape index (κ1) is 21.6. The van der Waals surface area contributed by atoms with Crippen molar-refractivity contribution in [3.05, 3.63) is 54.1 Å². The number of hydrogen-bond donors (Lipinski definition) is 2. The molecule has 1 aromatic heterocycles. The van der Waals surface area contributed by atoms with E-state index in [4.69, 9.17) is 0 Å². The smallest absolute Gasteiger partial charge is 0.309 e. The number of alkyl halides is 3. The summed E-state index contributed by atoms with van der Waals surface area (Å²) < 4.78 is 41.4. The minimum absolute atomic E-state index is 0.283. The molecule has 30 heavy (non-hydrogen) atoms. The zero-order valence-corrected chi connectivity index (χ0v) is 16.8. The Hall–Kier alpha value is -3.07. The van der Waals surface area contributed by atoms with Crippen LogP contribution in [-0.4, -0.2) is 40.1 Å². The molecule has 0 fully saturated rings. The fourth-order valence-electron chi connectivity index (χ4n) is 3.27. The predicted octanol–water partition coefficient (Wildman–Crippen LogP) is 5.04. The minimum Gasteiger partial charge on any atom is -0.309 e. The van der Waals surface area contributed by atoms with Gasteiger partial charge < -0.3 is 14.8 Å². The van der Waals surface area contributed by atoms with Gasteiger partial charge in [0.15, 0.2) is 0 Å². The summed E-state index contributed by atoms with van der Waals surface area (Å²) in [6.07, 6.45) is -4.57. The third-order valence-corrected chi connectivity index (χ3v) is 4.89. The fraction of sp³-hybridized carbons (Fsp3) is 0.333. The molecule has 9 heteroatoms. The molecule has 0 aliphatic heterocycles. The van der Waals surface area contributed by atoms with E-state index >= 15 is 0 Å². The molecule has 0 radical (unpaired) electrons. The van der Waals surface area contributed by atoms with Gasteiger partial charge in [-0.25, -0.2) is 9.78 Å². The number of rotatable bonds is 7. The maximum Gasteiger partial charge on any atom is 0.418 e. The number of nitrogens with zero attached hydrogens (tertiary/aromatic N) is 3. The van der Waals surface area contributed by atoms with E-state index in [1.165, 1.54) is 18.2 Å². The highest BCUT2D eigenvalue weighted by Crippen LogP contribution is 2.34. The topological polar surface area (TPSA) is 62.2 Å². The van der Waals surface area contributed by atoms with Crippen molar-refractivity contribution in [2.75, 3.05) is 30.3 Å². The van der Waals surface area contributed by atoms with Crippen LogP contribution in [0.1, 0.15) is 19.4 Å². The molecule has 0 aliphatic rings. The van der Waals surface area contributed by atoms with Crippen molar-refractivity contribution in [1.82, 2.24) is 14.5 Å². The first-order valence-electron chi connectivity index (χ1n) is 9.75. The maximum absolute atomic E-state index is 13.2. The van der Waals surface area contributed by atoms with Crippen LogP contribution in [0.2, 0.25) is 0 Å². The summed E-state index contributed by atoms with van der Waals surface area (Å²) in [5, 5.41) is 4.89. The summed E-state index contributed by atoms with van der Waals surface area (Å²) >= 11 is 0. The first-order valence-corrected chi connectivity index (χ1v) is 9.75. The van der Waals surface area contributed by atoms with Gasteiger partial charge in [-0.3, -0.25) is 5.32 Å². The van der Waals surface area contributed by atoms with E-state index in [9.17, 15) is 18.0 Å². The van der Waals surface area contributed by atoms with Gasteiger partial charge in [0.1, 0.15) is 0 Å². The molecular weight excluding hydrogens is 395 g/mol. The number of likely N-dealkylation sites (N-methyl/N-ethyl adjacent to an activating group) is 1. The number of carbonyl (C=O) groups excluding carboxylic acids is 1. The highest BCUT2D eigenvalue weighted by Gasteiger charge is 2.33. The number of imidazole rings is 1. The van der Waals surface area contributed by atoms with Crippen molar-refractivity contribution in [3.8, 4) is 0 Å². The Morgan fingerprint density at radius 3 is 2.40 bits per heavy atom. The lowest BCUT2D eigenvalue weighted by Gasteiger charge is -2.19. The molecular formula is C21H24F3N5O. The van der Waals surface area contributed by atoms with E-state index in [2.05, 4.69) is 34.4 Å². The second-order valence-electron chi connectivity index (χ2n) is 6.73. The molecule has 0 saturated carbocycles. The van der Waals surface area contributed by atoms with E-state index in [1.54, 1.807) is 0 Å². The third-order valence-electron chi connectivity index (χ3n) is 4.89. The number of fused-ring (bicyclic) bond motifs is 1. The number of urea groups is 1. The lowest BCUT2D eigenvalue weighted by molar-refractivity contribution is -0.136. The summed E-state index contributed by atoms with van der Waals surface area (Å²) in [7, 11) is 0. The molecule has 0 bridgehead atoms. The second-order valence-corrected chi connectivity index (χ2v) is 6.73. The second kappa shape index (κ2) is 9.17. The molecule has 6 nitrogen and oxygen atoms in total. The average Bonchev–Trinajstić information content (AvgIpc) is 3.05. The van der Waals surface area contributed by atoms with Crippen LogP contribution in [0.5, 0.6) is 0 Å². The fourth-order valence-corrected chi connectivity index (χ4v) is 3.27. The van der Waals surface area contributed by atoms with Gasteiger partial charge in [0.2, 0.25) is 5.95 Å². The Bertz CT molecular complexity index is 1010. The van der Waals surface area contributed by atoms with Crippen molar-refractivity contribution < 1.29 is 18.0 Å². The number of hydrogen-bond acceptors (Lipinski definition) is 3. The molecule has 3 rings (SSSR count). The summed E-state index contributed by atoms with van der Waals surface area (Å²) in [6, 6.07) is 11.5.